The third-order valence-electron chi connectivity index (χ3n) is 5.72. The van der Waals surface area contributed by atoms with Crippen molar-refractivity contribution in [1.82, 2.24) is 9.55 Å². The Hall–Kier alpha value is -2.62. The topological polar surface area (TPSA) is 104 Å². The lowest BCUT2D eigenvalue weighted by Crippen LogP contribution is -2.21. The molecule has 0 saturated heterocycles. The molecule has 7 nitrogen and oxygen atoms in total. The number of carbonyl (C=O) groups excluding carboxylic acids is 1. The van der Waals surface area contributed by atoms with Gasteiger partial charge in [0.25, 0.3) is 0 Å². The first-order chi connectivity index (χ1) is 16.6. The molecule has 0 aliphatic rings. The second-order valence-electron chi connectivity index (χ2n) is 8.65. The van der Waals surface area contributed by atoms with E-state index in [0.29, 0.717) is 16.3 Å². The van der Waals surface area contributed by atoms with E-state index in [1.165, 1.54) is 17.8 Å². The molecule has 3 aromatic rings. The lowest BCUT2D eigenvalue weighted by Gasteiger charge is -2.21. The molecule has 1 aromatic heterocycles. The first-order valence-electron chi connectivity index (χ1n) is 11.7. The molecular weight excluding hydrogens is 482 g/mol. The number of benzene rings is 2. The molecule has 0 spiro atoms. The smallest absolute Gasteiger partial charge is 0.358 e. The van der Waals surface area contributed by atoms with Crippen molar-refractivity contribution in [3.63, 3.8) is 0 Å². The number of rotatable bonds is 10. The number of carbonyl (C=O) groups is 1. The standard InChI is InChI=1S/C26H33N3O4S2/c1-6-7-12-23-28-25(34-5)24(26(30)33-17(2)3)29(23)18(4)19-13-15-20(16-14-19)21-10-8-9-11-22(21)35(27,31)32/h8-11,13-18H,6-7,12H2,1-5H3,(H2,27,31,32). The number of primary sulfonamides is 1. The van der Waals surface area contributed by atoms with E-state index in [4.69, 9.17) is 14.9 Å². The molecule has 0 radical (unpaired) electrons. The van der Waals surface area contributed by atoms with E-state index in [-0.39, 0.29) is 23.0 Å². The van der Waals surface area contributed by atoms with Gasteiger partial charge in [-0.1, -0.05) is 55.8 Å². The lowest BCUT2D eigenvalue weighted by molar-refractivity contribution is 0.0359. The number of hydrogen-bond acceptors (Lipinski definition) is 6. The zero-order valence-corrected chi connectivity index (χ0v) is 22.4. The highest BCUT2D eigenvalue weighted by Crippen LogP contribution is 2.32. The minimum absolute atomic E-state index is 0.0839. The number of thioether (sulfide) groups is 1. The number of esters is 1. The van der Waals surface area contributed by atoms with Gasteiger partial charge >= 0.3 is 5.97 Å². The molecule has 1 atom stereocenters. The minimum Gasteiger partial charge on any atom is -0.458 e. The Morgan fingerprint density at radius 1 is 1.11 bits per heavy atom. The average molecular weight is 516 g/mol. The molecule has 2 aromatic carbocycles. The summed E-state index contributed by atoms with van der Waals surface area (Å²) < 4.78 is 31.6. The molecule has 0 fully saturated rings. The molecule has 35 heavy (non-hydrogen) atoms. The third-order valence-corrected chi connectivity index (χ3v) is 7.36. The Labute approximate surface area is 212 Å². The maximum absolute atomic E-state index is 13.1. The molecule has 0 aliphatic heterocycles. The van der Waals surface area contributed by atoms with Crippen LogP contribution in [0.1, 0.15) is 68.5 Å². The average Bonchev–Trinajstić information content (AvgIpc) is 3.20. The number of sulfonamides is 1. The molecule has 0 saturated carbocycles. The van der Waals surface area contributed by atoms with Gasteiger partial charge < -0.3 is 9.30 Å². The summed E-state index contributed by atoms with van der Waals surface area (Å²) in [6, 6.07) is 14.1. The predicted octanol–water partition coefficient (Wildman–Crippen LogP) is 5.44. The summed E-state index contributed by atoms with van der Waals surface area (Å²) in [5, 5.41) is 6.08. The van der Waals surface area contributed by atoms with E-state index in [2.05, 4.69) is 6.92 Å². The van der Waals surface area contributed by atoms with E-state index in [0.717, 1.165) is 36.2 Å². The van der Waals surface area contributed by atoms with Crippen LogP contribution in [0.3, 0.4) is 0 Å². The molecule has 1 heterocycles. The number of hydrogen-bond donors (Lipinski definition) is 1. The second kappa shape index (κ2) is 11.4. The van der Waals surface area contributed by atoms with Crippen LogP contribution < -0.4 is 5.14 Å². The fourth-order valence-corrected chi connectivity index (χ4v) is 5.36. The van der Waals surface area contributed by atoms with Crippen molar-refractivity contribution in [2.75, 3.05) is 6.26 Å². The summed E-state index contributed by atoms with van der Waals surface area (Å²) in [7, 11) is -3.86. The first kappa shape index (κ1) is 27.0. The summed E-state index contributed by atoms with van der Waals surface area (Å²) in [6.07, 6.45) is 4.39. The van der Waals surface area contributed by atoms with Crippen molar-refractivity contribution in [1.29, 1.82) is 0 Å². The Balaban J connectivity index is 2.06. The molecule has 0 amide bonds. The fourth-order valence-electron chi connectivity index (χ4n) is 4.03. The number of aryl methyl sites for hydroxylation is 1. The van der Waals surface area contributed by atoms with E-state index < -0.39 is 10.0 Å². The van der Waals surface area contributed by atoms with E-state index >= 15 is 0 Å². The van der Waals surface area contributed by atoms with Crippen LogP contribution in [-0.4, -0.2) is 36.3 Å². The Morgan fingerprint density at radius 3 is 2.34 bits per heavy atom. The van der Waals surface area contributed by atoms with Gasteiger partial charge in [-0.15, -0.1) is 11.8 Å². The molecule has 188 valence electrons. The van der Waals surface area contributed by atoms with Crippen molar-refractivity contribution in [2.45, 2.75) is 69.0 Å². The van der Waals surface area contributed by atoms with Crippen LogP contribution in [-0.2, 0) is 21.2 Å². The summed E-state index contributed by atoms with van der Waals surface area (Å²) in [6.45, 7) is 7.81. The molecule has 9 heteroatoms. The molecule has 0 bridgehead atoms. The highest BCUT2D eigenvalue weighted by molar-refractivity contribution is 7.98. The van der Waals surface area contributed by atoms with Crippen LogP contribution in [0.25, 0.3) is 11.1 Å². The zero-order valence-electron chi connectivity index (χ0n) is 20.8. The van der Waals surface area contributed by atoms with Crippen LogP contribution in [0.4, 0.5) is 0 Å². The van der Waals surface area contributed by atoms with Crippen LogP contribution in [0.15, 0.2) is 58.5 Å². The van der Waals surface area contributed by atoms with Gasteiger partial charge in [0.15, 0.2) is 5.69 Å². The van der Waals surface area contributed by atoms with Gasteiger partial charge in [-0.25, -0.2) is 23.3 Å². The molecule has 3 rings (SSSR count). The normalized spacial score (nSPS) is 12.7. The van der Waals surface area contributed by atoms with Crippen LogP contribution in [0.5, 0.6) is 0 Å². The second-order valence-corrected chi connectivity index (χ2v) is 11.0. The zero-order chi connectivity index (χ0) is 25.8. The summed E-state index contributed by atoms with van der Waals surface area (Å²) in [4.78, 5) is 18.0. The summed E-state index contributed by atoms with van der Waals surface area (Å²) in [5.41, 5.74) is 2.72. The van der Waals surface area contributed by atoms with Crippen molar-refractivity contribution in [3.8, 4) is 11.1 Å². The quantitative estimate of drug-likeness (QED) is 0.285. The summed E-state index contributed by atoms with van der Waals surface area (Å²) >= 11 is 1.43. The molecular formula is C26H33N3O4S2. The highest BCUT2D eigenvalue weighted by atomic mass is 32.2. The summed E-state index contributed by atoms with van der Waals surface area (Å²) in [5.74, 6) is 0.466. The van der Waals surface area contributed by atoms with E-state index in [1.807, 2.05) is 55.9 Å². The lowest BCUT2D eigenvalue weighted by atomic mass is 10.0. The molecule has 1 unspecified atom stereocenters. The largest absolute Gasteiger partial charge is 0.458 e. The van der Waals surface area contributed by atoms with Gasteiger partial charge in [-0.3, -0.25) is 0 Å². The highest BCUT2D eigenvalue weighted by Gasteiger charge is 2.28. The molecule has 2 N–H and O–H groups in total. The van der Waals surface area contributed by atoms with Crippen molar-refractivity contribution in [2.24, 2.45) is 5.14 Å². The van der Waals surface area contributed by atoms with Crippen molar-refractivity contribution < 1.29 is 17.9 Å². The van der Waals surface area contributed by atoms with Gasteiger partial charge in [-0.05, 0) is 50.6 Å². The van der Waals surface area contributed by atoms with Crippen LogP contribution in [0.2, 0.25) is 0 Å². The minimum atomic E-state index is -3.86. The SMILES string of the molecule is CCCCc1nc(SC)c(C(=O)OC(C)C)n1C(C)c1ccc(-c2ccccc2S(N)(=O)=O)cc1. The maximum Gasteiger partial charge on any atom is 0.358 e. The van der Waals surface area contributed by atoms with Gasteiger partial charge in [-0.2, -0.15) is 0 Å². The number of nitrogens with two attached hydrogens (primary N) is 1. The predicted molar refractivity (Wildman–Crippen MR) is 140 cm³/mol. The number of unbranched alkanes of at least 4 members (excludes halogenated alkanes) is 1. The number of aromatic nitrogens is 2. The Bertz CT molecular complexity index is 1280. The Morgan fingerprint density at radius 2 is 1.77 bits per heavy atom. The van der Waals surface area contributed by atoms with Crippen molar-refractivity contribution >= 4 is 27.8 Å². The van der Waals surface area contributed by atoms with Gasteiger partial charge in [0.2, 0.25) is 10.0 Å². The van der Waals surface area contributed by atoms with Gasteiger partial charge in [0.1, 0.15) is 10.9 Å². The van der Waals surface area contributed by atoms with Gasteiger partial charge in [0.05, 0.1) is 17.0 Å². The van der Waals surface area contributed by atoms with E-state index in [1.54, 1.807) is 18.2 Å². The fraction of sp³-hybridized carbons (Fsp3) is 0.385. The number of nitrogens with zero attached hydrogens (tertiary/aromatic N) is 2. The van der Waals surface area contributed by atoms with Gasteiger partial charge in [0, 0.05) is 12.0 Å². The monoisotopic (exact) mass is 515 g/mol. The third kappa shape index (κ3) is 6.15. The van der Waals surface area contributed by atoms with Crippen LogP contribution >= 0.6 is 11.8 Å². The number of ether oxygens (including phenoxy) is 1. The van der Waals surface area contributed by atoms with Crippen LogP contribution in [0, 0.1) is 0 Å². The first-order valence-corrected chi connectivity index (χ1v) is 14.4. The Kier molecular flexibility index (Phi) is 8.79. The maximum atomic E-state index is 13.1. The van der Waals surface area contributed by atoms with Crippen molar-refractivity contribution in [3.05, 3.63) is 65.6 Å². The number of imidazole rings is 1. The molecule has 0 aliphatic carbocycles. The van der Waals surface area contributed by atoms with E-state index in [9.17, 15) is 13.2 Å².